The van der Waals surface area contributed by atoms with Crippen LogP contribution in [-0.2, 0) is 14.3 Å². The van der Waals surface area contributed by atoms with Crippen LogP contribution in [0, 0.1) is 0 Å². The van der Waals surface area contributed by atoms with Gasteiger partial charge in [0.15, 0.2) is 0 Å². The fraction of sp³-hybridized carbons (Fsp3) is 0.500. The molecule has 0 bridgehead atoms. The maximum absolute atomic E-state index is 9.68. The van der Waals surface area contributed by atoms with E-state index in [1.807, 2.05) is 6.79 Å². The molecule has 3 heteroatoms. The Labute approximate surface area is 41.3 Å². The molecule has 0 saturated carbocycles. The summed E-state index contributed by atoms with van der Waals surface area (Å²) in [6, 6.07) is 0. The van der Waals surface area contributed by atoms with Gasteiger partial charge in [-0.05, 0) is 0 Å². The molecule has 1 aliphatic heterocycles. The zero-order valence-corrected chi connectivity index (χ0v) is 3.85. The maximum Gasteiger partial charge on any atom is 0.309 e. The molecular formula is C4H6O3. The third kappa shape index (κ3) is 1.92. The third-order valence-electron chi connectivity index (χ3n) is 0.569. The summed E-state index contributed by atoms with van der Waals surface area (Å²) < 4.78 is 4.29. The van der Waals surface area contributed by atoms with E-state index in [0.29, 0.717) is 13.0 Å². The van der Waals surface area contributed by atoms with Gasteiger partial charge >= 0.3 is 5.97 Å². The first-order valence-corrected chi connectivity index (χ1v) is 1.84. The monoisotopic (exact) mass is 102 g/mol. The first-order chi connectivity index (χ1) is 3.39. The number of carbonyl (C=O) groups is 2. The topological polar surface area (TPSA) is 43.4 Å². The van der Waals surface area contributed by atoms with E-state index in [1.165, 1.54) is 0 Å². The predicted octanol–water partition coefficient (Wildman–Crippen LogP) is -0.252. The Morgan fingerprint density at radius 3 is 1.86 bits per heavy atom. The maximum atomic E-state index is 9.68. The van der Waals surface area contributed by atoms with Gasteiger partial charge < -0.3 is 9.53 Å². The van der Waals surface area contributed by atoms with Crippen LogP contribution >= 0.6 is 0 Å². The molecule has 0 atom stereocenters. The van der Waals surface area contributed by atoms with E-state index in [0.717, 1.165) is 0 Å². The highest BCUT2D eigenvalue weighted by Crippen LogP contribution is 1.97. The van der Waals surface area contributed by atoms with Crippen molar-refractivity contribution in [2.45, 2.75) is 6.42 Å². The second-order valence-corrected chi connectivity index (χ2v) is 0.970. The summed E-state index contributed by atoms with van der Waals surface area (Å²) in [6.07, 6.45) is 0.625. The number of cyclic esters (lactones) is 1. The first kappa shape index (κ1) is 6.14. The summed E-state index contributed by atoms with van der Waals surface area (Å²) in [5.41, 5.74) is 0. The predicted molar refractivity (Wildman–Crippen MR) is 22.7 cm³/mol. The van der Waals surface area contributed by atoms with Crippen LogP contribution in [-0.4, -0.2) is 19.4 Å². The molecule has 0 amide bonds. The molecule has 40 valence electrons. The molecule has 1 rings (SSSR count). The Morgan fingerprint density at radius 2 is 1.86 bits per heavy atom. The Kier molecular flexibility index (Phi) is 2.92. The van der Waals surface area contributed by atoms with Gasteiger partial charge in [0.1, 0.15) is 13.4 Å². The summed E-state index contributed by atoms with van der Waals surface area (Å²) in [4.78, 5) is 17.7. The van der Waals surface area contributed by atoms with E-state index in [-0.39, 0.29) is 5.97 Å². The van der Waals surface area contributed by atoms with Crippen LogP contribution in [0.4, 0.5) is 0 Å². The molecule has 0 aliphatic carbocycles. The molecule has 0 aromatic rings. The number of rotatable bonds is 0. The summed E-state index contributed by atoms with van der Waals surface area (Å²) >= 11 is 0. The van der Waals surface area contributed by atoms with Crippen molar-refractivity contribution >= 4 is 12.8 Å². The molecule has 1 saturated heterocycles. The lowest BCUT2D eigenvalue weighted by atomic mass is 10.4. The molecule has 0 N–H and O–H groups in total. The highest BCUT2D eigenvalue weighted by molar-refractivity contribution is 5.73. The van der Waals surface area contributed by atoms with Crippen LogP contribution in [0.3, 0.4) is 0 Å². The summed E-state index contributed by atoms with van der Waals surface area (Å²) in [7, 11) is 0. The SMILES string of the molecule is C=O.O=C1CCO1. The van der Waals surface area contributed by atoms with Crippen molar-refractivity contribution in [2.75, 3.05) is 6.61 Å². The summed E-state index contributed by atoms with van der Waals surface area (Å²) in [6.45, 7) is 2.64. The van der Waals surface area contributed by atoms with Gasteiger partial charge in [-0.3, -0.25) is 4.79 Å². The van der Waals surface area contributed by atoms with Crippen molar-refractivity contribution in [2.24, 2.45) is 0 Å². The highest BCUT2D eigenvalue weighted by atomic mass is 16.6. The lowest BCUT2D eigenvalue weighted by Gasteiger charge is -2.09. The molecule has 3 nitrogen and oxygen atoms in total. The standard InChI is InChI=1S/C3H4O2.CH2O/c4-3-1-2-5-3;1-2/h1-2H2;1H2. The van der Waals surface area contributed by atoms with Crippen molar-refractivity contribution in [1.82, 2.24) is 0 Å². The first-order valence-electron chi connectivity index (χ1n) is 1.84. The van der Waals surface area contributed by atoms with E-state index >= 15 is 0 Å². The molecule has 1 aliphatic rings. The molecular weight excluding hydrogens is 96.0 g/mol. The number of hydrogen-bond acceptors (Lipinski definition) is 3. The van der Waals surface area contributed by atoms with Gasteiger partial charge in [0.2, 0.25) is 0 Å². The number of carbonyl (C=O) groups excluding carboxylic acids is 2. The fourth-order valence-corrected chi connectivity index (χ4v) is 0.185. The average molecular weight is 102 g/mol. The van der Waals surface area contributed by atoms with Crippen LogP contribution in [0.2, 0.25) is 0 Å². The van der Waals surface area contributed by atoms with Crippen molar-refractivity contribution in [1.29, 1.82) is 0 Å². The largest absolute Gasteiger partial charge is 0.465 e. The number of esters is 1. The number of hydrogen-bond donors (Lipinski definition) is 0. The smallest absolute Gasteiger partial charge is 0.309 e. The zero-order valence-electron chi connectivity index (χ0n) is 3.85. The average Bonchev–Trinajstić information content (AvgIpc) is 1.68. The van der Waals surface area contributed by atoms with Gasteiger partial charge in [0, 0.05) is 0 Å². The molecule has 0 unspecified atom stereocenters. The molecule has 0 aromatic heterocycles. The normalized spacial score (nSPS) is 15.1. The quantitative estimate of drug-likeness (QED) is 0.396. The van der Waals surface area contributed by atoms with Crippen molar-refractivity contribution < 1.29 is 14.3 Å². The van der Waals surface area contributed by atoms with Gasteiger partial charge in [-0.25, -0.2) is 0 Å². The lowest BCUT2D eigenvalue weighted by Crippen LogP contribution is -2.18. The van der Waals surface area contributed by atoms with Gasteiger partial charge in [-0.1, -0.05) is 0 Å². The van der Waals surface area contributed by atoms with Crippen LogP contribution in [0.5, 0.6) is 0 Å². The minimum Gasteiger partial charge on any atom is -0.465 e. The van der Waals surface area contributed by atoms with E-state index in [9.17, 15) is 4.79 Å². The van der Waals surface area contributed by atoms with Crippen molar-refractivity contribution in [3.05, 3.63) is 0 Å². The Bertz CT molecular complexity index is 63.3. The Hall–Kier alpha value is -0.860. The Morgan fingerprint density at radius 1 is 1.57 bits per heavy atom. The van der Waals surface area contributed by atoms with Crippen molar-refractivity contribution in [3.63, 3.8) is 0 Å². The lowest BCUT2D eigenvalue weighted by molar-refractivity contribution is -0.157. The van der Waals surface area contributed by atoms with E-state index in [4.69, 9.17) is 4.79 Å². The minimum absolute atomic E-state index is 0.0648. The summed E-state index contributed by atoms with van der Waals surface area (Å²) in [5.74, 6) is -0.0648. The minimum atomic E-state index is -0.0648. The Balaban J connectivity index is 0.000000162. The molecule has 0 spiro atoms. The van der Waals surface area contributed by atoms with Gasteiger partial charge in [0.05, 0.1) is 6.42 Å². The highest BCUT2D eigenvalue weighted by Gasteiger charge is 2.10. The zero-order chi connectivity index (χ0) is 5.70. The van der Waals surface area contributed by atoms with Gasteiger partial charge in [-0.2, -0.15) is 0 Å². The third-order valence-corrected chi connectivity index (χ3v) is 0.569. The fourth-order valence-electron chi connectivity index (χ4n) is 0.185. The van der Waals surface area contributed by atoms with E-state index in [1.54, 1.807) is 0 Å². The van der Waals surface area contributed by atoms with Gasteiger partial charge in [-0.15, -0.1) is 0 Å². The van der Waals surface area contributed by atoms with E-state index in [2.05, 4.69) is 4.74 Å². The second kappa shape index (κ2) is 3.33. The van der Waals surface area contributed by atoms with E-state index < -0.39 is 0 Å². The molecule has 1 fully saturated rings. The molecule has 0 aromatic carbocycles. The summed E-state index contributed by atoms with van der Waals surface area (Å²) in [5, 5.41) is 0. The second-order valence-electron chi connectivity index (χ2n) is 0.970. The van der Waals surface area contributed by atoms with Crippen molar-refractivity contribution in [3.8, 4) is 0 Å². The van der Waals surface area contributed by atoms with Gasteiger partial charge in [0.25, 0.3) is 0 Å². The molecule has 0 radical (unpaired) electrons. The molecule has 7 heavy (non-hydrogen) atoms. The van der Waals surface area contributed by atoms with Crippen LogP contribution in [0.1, 0.15) is 6.42 Å². The van der Waals surface area contributed by atoms with Crippen LogP contribution in [0.15, 0.2) is 0 Å². The van der Waals surface area contributed by atoms with Crippen LogP contribution < -0.4 is 0 Å². The molecule has 1 heterocycles. The number of ether oxygens (including phenoxy) is 1. The van der Waals surface area contributed by atoms with Crippen LogP contribution in [0.25, 0.3) is 0 Å².